The fraction of sp³-hybridized carbons (Fsp3) is 0.375. The van der Waals surface area contributed by atoms with Crippen molar-refractivity contribution >= 4 is 11.6 Å². The summed E-state index contributed by atoms with van der Waals surface area (Å²) in [6.07, 6.45) is 2.32. The van der Waals surface area contributed by atoms with Crippen LogP contribution in [0.25, 0.3) is 11.3 Å². The van der Waals surface area contributed by atoms with Gasteiger partial charge in [-0.15, -0.1) is 0 Å². The van der Waals surface area contributed by atoms with E-state index in [1.165, 1.54) is 0 Å². The molecule has 5 heteroatoms. The van der Waals surface area contributed by atoms with E-state index < -0.39 is 5.41 Å². The van der Waals surface area contributed by atoms with Gasteiger partial charge >= 0.3 is 0 Å². The fourth-order valence-electron chi connectivity index (χ4n) is 1.90. The first-order valence-corrected chi connectivity index (χ1v) is 7.02. The highest BCUT2D eigenvalue weighted by atomic mass is 16.3. The van der Waals surface area contributed by atoms with E-state index in [1.54, 1.807) is 13.2 Å². The molecular formula is C16H21N3O2. The maximum Gasteiger partial charge on any atom is 0.231 e. The topological polar surface area (TPSA) is 81.2 Å². The normalized spacial score (nSPS) is 13.7. The van der Waals surface area contributed by atoms with Gasteiger partial charge in [-0.3, -0.25) is 4.79 Å². The number of nitrogens with zero attached hydrogens (tertiary/aromatic N) is 1. The minimum absolute atomic E-state index is 0.0578. The highest BCUT2D eigenvalue weighted by molar-refractivity contribution is 5.95. The van der Waals surface area contributed by atoms with Gasteiger partial charge in [0, 0.05) is 24.7 Å². The molecule has 5 nitrogen and oxygen atoms in total. The highest BCUT2D eigenvalue weighted by Crippen LogP contribution is 2.24. The Kier molecular flexibility index (Phi) is 4.43. The molecule has 0 radical (unpaired) electrons. The van der Waals surface area contributed by atoms with E-state index >= 15 is 0 Å². The summed E-state index contributed by atoms with van der Waals surface area (Å²) < 4.78 is 5.19. The molecule has 1 aromatic heterocycles. The van der Waals surface area contributed by atoms with Crippen LogP contribution < -0.4 is 11.1 Å². The molecule has 0 spiro atoms. The zero-order valence-corrected chi connectivity index (χ0v) is 12.6. The number of aryl methyl sites for hydroxylation is 1. The van der Waals surface area contributed by atoms with Crippen LogP contribution in [0.3, 0.4) is 0 Å². The second kappa shape index (κ2) is 6.10. The average molecular weight is 287 g/mol. The van der Waals surface area contributed by atoms with Crippen molar-refractivity contribution in [3.8, 4) is 11.3 Å². The molecule has 0 aliphatic carbocycles. The number of benzene rings is 1. The Morgan fingerprint density at radius 3 is 2.52 bits per heavy atom. The average Bonchev–Trinajstić information content (AvgIpc) is 2.93. The number of aromatic nitrogens is 1. The predicted octanol–water partition coefficient (Wildman–Crippen LogP) is 2.96. The number of carbonyl (C=O) groups excluding carboxylic acids is 1. The lowest BCUT2D eigenvalue weighted by atomic mass is 9.86. The third kappa shape index (κ3) is 3.31. The maximum absolute atomic E-state index is 12.2. The molecule has 0 saturated carbocycles. The van der Waals surface area contributed by atoms with Crippen LogP contribution in [0.2, 0.25) is 0 Å². The van der Waals surface area contributed by atoms with E-state index in [1.807, 2.05) is 38.1 Å². The molecule has 1 heterocycles. The molecule has 0 fully saturated rings. The first-order chi connectivity index (χ1) is 9.98. The molecule has 3 N–H and O–H groups in total. The molecule has 1 aromatic carbocycles. The molecule has 1 atom stereocenters. The van der Waals surface area contributed by atoms with Crippen LogP contribution in [0.15, 0.2) is 34.9 Å². The summed E-state index contributed by atoms with van der Waals surface area (Å²) in [5.74, 6) is 0.571. The second-order valence-corrected chi connectivity index (χ2v) is 5.40. The van der Waals surface area contributed by atoms with Crippen LogP contribution >= 0.6 is 0 Å². The molecule has 0 aliphatic rings. The smallest absolute Gasteiger partial charge is 0.231 e. The molecule has 2 rings (SSSR count). The number of amides is 1. The molecule has 0 aliphatic heterocycles. The highest BCUT2D eigenvalue weighted by Gasteiger charge is 2.29. The summed E-state index contributed by atoms with van der Waals surface area (Å²) >= 11 is 0. The first kappa shape index (κ1) is 15.3. The van der Waals surface area contributed by atoms with Gasteiger partial charge in [0.15, 0.2) is 5.89 Å². The van der Waals surface area contributed by atoms with Gasteiger partial charge in [0.25, 0.3) is 0 Å². The Balaban J connectivity index is 2.11. The Morgan fingerprint density at radius 1 is 1.38 bits per heavy atom. The first-order valence-electron chi connectivity index (χ1n) is 7.02. The summed E-state index contributed by atoms with van der Waals surface area (Å²) in [5, 5.41) is 2.91. The van der Waals surface area contributed by atoms with E-state index in [0.29, 0.717) is 18.9 Å². The van der Waals surface area contributed by atoms with E-state index in [2.05, 4.69) is 10.3 Å². The van der Waals surface area contributed by atoms with Gasteiger partial charge in [0.05, 0.1) is 5.41 Å². The molecule has 0 saturated heterocycles. The largest absolute Gasteiger partial charge is 0.449 e. The third-order valence-electron chi connectivity index (χ3n) is 3.84. The molecular weight excluding hydrogens is 266 g/mol. The Bertz CT molecular complexity index is 613. The van der Waals surface area contributed by atoms with Gasteiger partial charge in [-0.2, -0.15) is 0 Å². The van der Waals surface area contributed by atoms with Gasteiger partial charge in [0.1, 0.15) is 12.0 Å². The number of nitrogens with one attached hydrogen (secondary N) is 1. The standard InChI is InChI=1S/C16H21N3O2/c1-4-16(3,10-17)15(20)19-13-7-5-12(6-8-13)14-9-21-11(2)18-14/h5-9H,4,10,17H2,1-3H3,(H,19,20). The van der Waals surface area contributed by atoms with Crippen molar-refractivity contribution in [2.45, 2.75) is 27.2 Å². The number of rotatable bonds is 5. The van der Waals surface area contributed by atoms with Crippen molar-refractivity contribution in [2.24, 2.45) is 11.1 Å². The van der Waals surface area contributed by atoms with Crippen LogP contribution in [-0.4, -0.2) is 17.4 Å². The lowest BCUT2D eigenvalue weighted by Gasteiger charge is -2.24. The molecule has 0 bridgehead atoms. The quantitative estimate of drug-likeness (QED) is 0.885. The summed E-state index contributed by atoms with van der Waals surface area (Å²) in [7, 11) is 0. The van der Waals surface area contributed by atoms with Crippen molar-refractivity contribution in [1.82, 2.24) is 4.98 Å². The SMILES string of the molecule is CCC(C)(CN)C(=O)Nc1ccc(-c2coc(C)n2)cc1. The zero-order valence-electron chi connectivity index (χ0n) is 12.6. The van der Waals surface area contributed by atoms with Crippen LogP contribution in [0.5, 0.6) is 0 Å². The summed E-state index contributed by atoms with van der Waals surface area (Å²) in [5.41, 5.74) is 7.63. The van der Waals surface area contributed by atoms with Crippen LogP contribution in [-0.2, 0) is 4.79 Å². The van der Waals surface area contributed by atoms with Crippen molar-refractivity contribution in [2.75, 3.05) is 11.9 Å². The number of carbonyl (C=O) groups is 1. The van der Waals surface area contributed by atoms with Crippen LogP contribution in [0.4, 0.5) is 5.69 Å². The molecule has 1 unspecified atom stereocenters. The Morgan fingerprint density at radius 2 is 2.05 bits per heavy atom. The van der Waals surface area contributed by atoms with Gasteiger partial charge in [-0.1, -0.05) is 19.1 Å². The van der Waals surface area contributed by atoms with Crippen LogP contribution in [0.1, 0.15) is 26.2 Å². The van der Waals surface area contributed by atoms with Gasteiger partial charge in [-0.05, 0) is 25.5 Å². The van der Waals surface area contributed by atoms with Crippen LogP contribution in [0, 0.1) is 12.3 Å². The van der Waals surface area contributed by atoms with E-state index in [-0.39, 0.29) is 5.91 Å². The maximum atomic E-state index is 12.2. The minimum atomic E-state index is -0.540. The van der Waals surface area contributed by atoms with E-state index in [9.17, 15) is 4.79 Å². The number of nitrogens with two attached hydrogens (primary N) is 1. The number of oxazole rings is 1. The lowest BCUT2D eigenvalue weighted by Crippen LogP contribution is -2.39. The molecule has 1 amide bonds. The minimum Gasteiger partial charge on any atom is -0.449 e. The predicted molar refractivity (Wildman–Crippen MR) is 82.8 cm³/mol. The Labute approximate surface area is 124 Å². The zero-order chi connectivity index (χ0) is 15.5. The lowest BCUT2D eigenvalue weighted by molar-refractivity contribution is -0.124. The van der Waals surface area contributed by atoms with E-state index in [4.69, 9.17) is 10.2 Å². The molecule has 21 heavy (non-hydrogen) atoms. The third-order valence-corrected chi connectivity index (χ3v) is 3.84. The number of hydrogen-bond donors (Lipinski definition) is 2. The van der Waals surface area contributed by atoms with Gasteiger partial charge in [0.2, 0.25) is 5.91 Å². The van der Waals surface area contributed by atoms with Crippen molar-refractivity contribution in [3.63, 3.8) is 0 Å². The van der Waals surface area contributed by atoms with E-state index in [0.717, 1.165) is 16.9 Å². The summed E-state index contributed by atoms with van der Waals surface area (Å²) in [6, 6.07) is 7.50. The number of anilines is 1. The summed E-state index contributed by atoms with van der Waals surface area (Å²) in [4.78, 5) is 16.5. The molecule has 112 valence electrons. The van der Waals surface area contributed by atoms with Crippen molar-refractivity contribution < 1.29 is 9.21 Å². The number of hydrogen-bond acceptors (Lipinski definition) is 4. The van der Waals surface area contributed by atoms with Gasteiger partial charge < -0.3 is 15.5 Å². The summed E-state index contributed by atoms with van der Waals surface area (Å²) in [6.45, 7) is 5.96. The second-order valence-electron chi connectivity index (χ2n) is 5.40. The van der Waals surface area contributed by atoms with Crippen molar-refractivity contribution in [1.29, 1.82) is 0 Å². The monoisotopic (exact) mass is 287 g/mol. The molecule has 2 aromatic rings. The fourth-order valence-corrected chi connectivity index (χ4v) is 1.90. The van der Waals surface area contributed by atoms with Gasteiger partial charge in [-0.25, -0.2) is 4.98 Å². The Hall–Kier alpha value is -2.14. The van der Waals surface area contributed by atoms with Crippen molar-refractivity contribution in [3.05, 3.63) is 36.4 Å².